The number of carbonyl (C=O) groups excluding carboxylic acids is 1. The standard InChI is InChI=1S/C13H10F3N3O/c14-7-3-10(15)13(11(16)4-7)19-12(20)5-9-2-1-8(17)6-18-9/h1-4,6H,5,17H2,(H,19,20). The predicted molar refractivity (Wildman–Crippen MR) is 67.3 cm³/mol. The summed E-state index contributed by atoms with van der Waals surface area (Å²) >= 11 is 0. The molecular formula is C13H10F3N3O. The van der Waals surface area contributed by atoms with E-state index in [0.717, 1.165) is 0 Å². The number of anilines is 2. The maximum Gasteiger partial charge on any atom is 0.230 e. The number of nitrogens with two attached hydrogens (primary N) is 1. The maximum absolute atomic E-state index is 13.3. The van der Waals surface area contributed by atoms with Gasteiger partial charge in [0.15, 0.2) is 11.6 Å². The normalized spacial score (nSPS) is 10.3. The Hall–Kier alpha value is -2.57. The number of carbonyl (C=O) groups is 1. The van der Waals surface area contributed by atoms with Crippen LogP contribution in [-0.2, 0) is 11.2 Å². The molecule has 2 aromatic rings. The summed E-state index contributed by atoms with van der Waals surface area (Å²) in [5.41, 5.74) is 5.57. The Morgan fingerprint density at radius 1 is 1.20 bits per heavy atom. The van der Waals surface area contributed by atoms with E-state index in [2.05, 4.69) is 4.98 Å². The van der Waals surface area contributed by atoms with Crippen molar-refractivity contribution in [1.29, 1.82) is 0 Å². The first kappa shape index (κ1) is 13.9. The van der Waals surface area contributed by atoms with Crippen molar-refractivity contribution in [2.24, 2.45) is 0 Å². The molecule has 0 atom stereocenters. The van der Waals surface area contributed by atoms with Gasteiger partial charge in [0.2, 0.25) is 5.91 Å². The first-order valence-electron chi connectivity index (χ1n) is 5.60. The van der Waals surface area contributed by atoms with E-state index >= 15 is 0 Å². The van der Waals surface area contributed by atoms with Gasteiger partial charge in [-0.2, -0.15) is 0 Å². The van der Waals surface area contributed by atoms with Crippen molar-refractivity contribution >= 4 is 17.3 Å². The summed E-state index contributed by atoms with van der Waals surface area (Å²) in [6.45, 7) is 0. The van der Waals surface area contributed by atoms with E-state index in [-0.39, 0.29) is 6.42 Å². The summed E-state index contributed by atoms with van der Waals surface area (Å²) in [6, 6.07) is 4.04. The Balaban J connectivity index is 2.10. The van der Waals surface area contributed by atoms with Crippen molar-refractivity contribution in [1.82, 2.24) is 4.98 Å². The molecule has 1 aromatic carbocycles. The maximum atomic E-state index is 13.3. The van der Waals surface area contributed by atoms with Crippen LogP contribution in [0.1, 0.15) is 5.69 Å². The van der Waals surface area contributed by atoms with Crippen LogP contribution in [0.2, 0.25) is 0 Å². The Kier molecular flexibility index (Phi) is 3.88. The van der Waals surface area contributed by atoms with Gasteiger partial charge in [-0.3, -0.25) is 9.78 Å². The summed E-state index contributed by atoms with van der Waals surface area (Å²) < 4.78 is 39.4. The van der Waals surface area contributed by atoms with Gasteiger partial charge in [-0.25, -0.2) is 13.2 Å². The number of nitrogens with zero attached hydrogens (tertiary/aromatic N) is 1. The zero-order valence-electron chi connectivity index (χ0n) is 10.2. The lowest BCUT2D eigenvalue weighted by Crippen LogP contribution is -2.17. The van der Waals surface area contributed by atoms with Crippen molar-refractivity contribution in [2.45, 2.75) is 6.42 Å². The quantitative estimate of drug-likeness (QED) is 0.906. The van der Waals surface area contributed by atoms with Gasteiger partial charge in [0.25, 0.3) is 0 Å². The highest BCUT2D eigenvalue weighted by Gasteiger charge is 2.14. The van der Waals surface area contributed by atoms with Crippen LogP contribution in [0.5, 0.6) is 0 Å². The van der Waals surface area contributed by atoms with Crippen molar-refractivity contribution in [2.75, 3.05) is 11.1 Å². The summed E-state index contributed by atoms with van der Waals surface area (Å²) in [7, 11) is 0. The number of hydrogen-bond acceptors (Lipinski definition) is 3. The lowest BCUT2D eigenvalue weighted by Gasteiger charge is -2.07. The van der Waals surface area contributed by atoms with Gasteiger partial charge in [-0.05, 0) is 12.1 Å². The fourth-order valence-electron chi connectivity index (χ4n) is 1.55. The lowest BCUT2D eigenvalue weighted by molar-refractivity contribution is -0.115. The van der Waals surface area contributed by atoms with E-state index < -0.39 is 29.0 Å². The van der Waals surface area contributed by atoms with E-state index in [1.165, 1.54) is 12.3 Å². The Bertz CT molecular complexity index is 621. The summed E-state index contributed by atoms with van der Waals surface area (Å²) in [4.78, 5) is 15.5. The number of hydrogen-bond donors (Lipinski definition) is 2. The highest BCUT2D eigenvalue weighted by molar-refractivity contribution is 5.92. The van der Waals surface area contributed by atoms with E-state index in [1.54, 1.807) is 6.07 Å². The molecule has 1 aromatic heterocycles. The number of rotatable bonds is 3. The van der Waals surface area contributed by atoms with Crippen molar-refractivity contribution < 1.29 is 18.0 Å². The van der Waals surface area contributed by atoms with Crippen LogP contribution in [0.4, 0.5) is 24.5 Å². The third kappa shape index (κ3) is 3.25. The van der Waals surface area contributed by atoms with E-state index in [0.29, 0.717) is 23.5 Å². The van der Waals surface area contributed by atoms with Crippen molar-refractivity contribution in [3.05, 3.63) is 53.6 Å². The molecular weight excluding hydrogens is 271 g/mol. The molecule has 104 valence electrons. The highest BCUT2D eigenvalue weighted by atomic mass is 19.1. The molecule has 0 saturated heterocycles. The second kappa shape index (κ2) is 5.60. The molecule has 0 aliphatic heterocycles. The topological polar surface area (TPSA) is 68.0 Å². The van der Waals surface area contributed by atoms with Crippen LogP contribution in [0.3, 0.4) is 0 Å². The third-order valence-electron chi connectivity index (χ3n) is 2.46. The van der Waals surface area contributed by atoms with E-state index in [1.807, 2.05) is 5.32 Å². The van der Waals surface area contributed by atoms with Crippen LogP contribution in [-0.4, -0.2) is 10.9 Å². The van der Waals surface area contributed by atoms with Gasteiger partial charge in [0.05, 0.1) is 18.3 Å². The molecule has 4 nitrogen and oxygen atoms in total. The molecule has 0 aliphatic rings. The minimum absolute atomic E-state index is 0.184. The van der Waals surface area contributed by atoms with Crippen LogP contribution < -0.4 is 11.1 Å². The second-order valence-electron chi connectivity index (χ2n) is 4.05. The van der Waals surface area contributed by atoms with Gasteiger partial charge in [0.1, 0.15) is 11.5 Å². The molecule has 20 heavy (non-hydrogen) atoms. The van der Waals surface area contributed by atoms with Gasteiger partial charge in [-0.15, -0.1) is 0 Å². The molecule has 0 fully saturated rings. The smallest absolute Gasteiger partial charge is 0.230 e. The highest BCUT2D eigenvalue weighted by Crippen LogP contribution is 2.20. The molecule has 2 rings (SSSR count). The lowest BCUT2D eigenvalue weighted by atomic mass is 10.2. The molecule has 1 heterocycles. The number of nitrogen functional groups attached to an aromatic ring is 1. The number of benzene rings is 1. The second-order valence-corrected chi connectivity index (χ2v) is 4.05. The molecule has 0 unspecified atom stereocenters. The van der Waals surface area contributed by atoms with Gasteiger partial charge in [-0.1, -0.05) is 0 Å². The SMILES string of the molecule is Nc1ccc(CC(=O)Nc2c(F)cc(F)cc2F)nc1. The monoisotopic (exact) mass is 281 g/mol. The average Bonchev–Trinajstić information content (AvgIpc) is 2.36. The zero-order chi connectivity index (χ0) is 14.7. The number of nitrogens with one attached hydrogen (secondary N) is 1. The van der Waals surface area contributed by atoms with Gasteiger partial charge < -0.3 is 11.1 Å². The average molecular weight is 281 g/mol. The van der Waals surface area contributed by atoms with Gasteiger partial charge >= 0.3 is 0 Å². The first-order chi connectivity index (χ1) is 9.45. The van der Waals surface area contributed by atoms with Crippen LogP contribution >= 0.6 is 0 Å². The molecule has 0 bridgehead atoms. The number of aromatic nitrogens is 1. The van der Waals surface area contributed by atoms with Crippen LogP contribution in [0, 0.1) is 17.5 Å². The van der Waals surface area contributed by atoms with Crippen LogP contribution in [0.15, 0.2) is 30.5 Å². The molecule has 0 radical (unpaired) electrons. The molecule has 7 heteroatoms. The zero-order valence-corrected chi connectivity index (χ0v) is 10.2. The van der Waals surface area contributed by atoms with Crippen LogP contribution in [0.25, 0.3) is 0 Å². The number of halogens is 3. The fourth-order valence-corrected chi connectivity index (χ4v) is 1.55. The summed E-state index contributed by atoms with van der Waals surface area (Å²) in [5.74, 6) is -4.09. The van der Waals surface area contributed by atoms with Crippen molar-refractivity contribution in [3.63, 3.8) is 0 Å². The van der Waals surface area contributed by atoms with Gasteiger partial charge in [0, 0.05) is 17.8 Å². The molecule has 1 amide bonds. The predicted octanol–water partition coefficient (Wildman–Crippen LogP) is 2.26. The largest absolute Gasteiger partial charge is 0.397 e. The minimum atomic E-state index is -1.18. The molecule has 0 aliphatic carbocycles. The molecule has 0 saturated carbocycles. The number of amides is 1. The first-order valence-corrected chi connectivity index (χ1v) is 5.60. The molecule has 0 spiro atoms. The van der Waals surface area contributed by atoms with Crippen molar-refractivity contribution in [3.8, 4) is 0 Å². The number of pyridine rings is 1. The summed E-state index contributed by atoms with van der Waals surface area (Å²) in [6.07, 6.45) is 1.18. The van der Waals surface area contributed by atoms with E-state index in [4.69, 9.17) is 5.73 Å². The Morgan fingerprint density at radius 3 is 2.40 bits per heavy atom. The Morgan fingerprint density at radius 2 is 1.85 bits per heavy atom. The summed E-state index contributed by atoms with van der Waals surface area (Å²) in [5, 5.41) is 2.04. The molecule has 3 N–H and O–H groups in total. The third-order valence-corrected chi connectivity index (χ3v) is 2.46. The van der Waals surface area contributed by atoms with E-state index in [9.17, 15) is 18.0 Å². The Labute approximate surface area is 112 Å². The fraction of sp³-hybridized carbons (Fsp3) is 0.0769. The minimum Gasteiger partial charge on any atom is -0.397 e.